The molecular formula is C9H12F3NO2. The maximum absolute atomic E-state index is 12.0. The standard InChI is InChI=1S/C9H12F3NO2/c1-8(15-7(14)9(10,11)12)3-5-2-6(8)13-4-5/h5-6,13H,2-4H2,1H3. The fraction of sp³-hybridized carbons (Fsp3) is 0.889. The van der Waals surface area contributed by atoms with Crippen LogP contribution in [0.3, 0.4) is 0 Å². The fourth-order valence-electron chi connectivity index (χ4n) is 2.53. The highest BCUT2D eigenvalue weighted by Gasteiger charge is 2.54. The Morgan fingerprint density at radius 3 is 2.60 bits per heavy atom. The molecule has 1 N–H and O–H groups in total. The van der Waals surface area contributed by atoms with Gasteiger partial charge in [0.1, 0.15) is 5.60 Å². The van der Waals surface area contributed by atoms with Gasteiger partial charge in [0, 0.05) is 6.04 Å². The number of hydrogen-bond donors (Lipinski definition) is 1. The van der Waals surface area contributed by atoms with Crippen molar-refractivity contribution in [2.75, 3.05) is 6.54 Å². The van der Waals surface area contributed by atoms with E-state index in [1.165, 1.54) is 0 Å². The first-order valence-corrected chi connectivity index (χ1v) is 4.85. The van der Waals surface area contributed by atoms with E-state index in [0.29, 0.717) is 12.3 Å². The van der Waals surface area contributed by atoms with E-state index < -0.39 is 17.7 Å². The Balaban J connectivity index is 2.03. The first-order chi connectivity index (χ1) is 6.81. The van der Waals surface area contributed by atoms with Crippen LogP contribution in [0.5, 0.6) is 0 Å². The van der Waals surface area contributed by atoms with Crippen LogP contribution in [-0.2, 0) is 9.53 Å². The van der Waals surface area contributed by atoms with E-state index in [1.807, 2.05) is 0 Å². The number of piperidine rings is 1. The normalized spacial score (nSPS) is 39.5. The minimum atomic E-state index is -4.90. The third-order valence-electron chi connectivity index (χ3n) is 3.21. The van der Waals surface area contributed by atoms with Crippen LogP contribution in [-0.4, -0.2) is 30.3 Å². The molecular weight excluding hydrogens is 211 g/mol. The van der Waals surface area contributed by atoms with Gasteiger partial charge in [-0.25, -0.2) is 4.79 Å². The van der Waals surface area contributed by atoms with Gasteiger partial charge in [0.25, 0.3) is 0 Å². The molecule has 0 aromatic rings. The topological polar surface area (TPSA) is 38.3 Å². The van der Waals surface area contributed by atoms with Crippen LogP contribution >= 0.6 is 0 Å². The number of fused-ring (bicyclic) bond motifs is 2. The van der Waals surface area contributed by atoms with E-state index in [9.17, 15) is 18.0 Å². The van der Waals surface area contributed by atoms with Gasteiger partial charge in [-0.2, -0.15) is 13.2 Å². The summed E-state index contributed by atoms with van der Waals surface area (Å²) in [5, 5.41) is 3.06. The van der Waals surface area contributed by atoms with Gasteiger partial charge >= 0.3 is 12.1 Å². The second-order valence-electron chi connectivity index (χ2n) is 4.47. The Morgan fingerprint density at radius 2 is 2.20 bits per heavy atom. The number of rotatable bonds is 1. The van der Waals surface area contributed by atoms with Gasteiger partial charge in [-0.1, -0.05) is 0 Å². The summed E-state index contributed by atoms with van der Waals surface area (Å²) in [6.07, 6.45) is -3.58. The molecule has 1 saturated heterocycles. The summed E-state index contributed by atoms with van der Waals surface area (Å²) in [4.78, 5) is 10.7. The highest BCUT2D eigenvalue weighted by atomic mass is 19.4. The predicted molar refractivity (Wildman–Crippen MR) is 45.1 cm³/mol. The van der Waals surface area contributed by atoms with Crippen molar-refractivity contribution in [2.24, 2.45) is 5.92 Å². The Kier molecular flexibility index (Phi) is 2.22. The molecule has 6 heteroatoms. The number of alkyl halides is 3. The van der Waals surface area contributed by atoms with Crippen molar-refractivity contribution in [1.82, 2.24) is 5.32 Å². The Hall–Kier alpha value is -0.780. The van der Waals surface area contributed by atoms with Crippen LogP contribution < -0.4 is 5.32 Å². The maximum Gasteiger partial charge on any atom is 0.490 e. The first-order valence-electron chi connectivity index (χ1n) is 4.85. The van der Waals surface area contributed by atoms with Crippen molar-refractivity contribution >= 4 is 5.97 Å². The molecule has 1 aliphatic carbocycles. The van der Waals surface area contributed by atoms with Crippen molar-refractivity contribution in [3.63, 3.8) is 0 Å². The van der Waals surface area contributed by atoms with Gasteiger partial charge in [0.05, 0.1) is 0 Å². The number of nitrogens with one attached hydrogen (secondary N) is 1. The number of ether oxygens (including phenoxy) is 1. The number of hydrogen-bond acceptors (Lipinski definition) is 3. The summed E-state index contributed by atoms with van der Waals surface area (Å²) in [7, 11) is 0. The van der Waals surface area contributed by atoms with Crippen LogP contribution in [0.4, 0.5) is 13.2 Å². The molecule has 2 aliphatic rings. The van der Waals surface area contributed by atoms with E-state index in [0.717, 1.165) is 13.0 Å². The lowest BCUT2D eigenvalue weighted by Crippen LogP contribution is -2.51. The lowest BCUT2D eigenvalue weighted by Gasteiger charge is -2.34. The summed E-state index contributed by atoms with van der Waals surface area (Å²) in [5.74, 6) is -1.75. The second-order valence-corrected chi connectivity index (χ2v) is 4.47. The van der Waals surface area contributed by atoms with Crippen LogP contribution in [0, 0.1) is 5.92 Å². The molecule has 0 radical (unpaired) electrons. The molecule has 1 saturated carbocycles. The molecule has 0 spiro atoms. The lowest BCUT2D eigenvalue weighted by atomic mass is 9.96. The Labute approximate surface area is 85.0 Å². The monoisotopic (exact) mass is 223 g/mol. The largest absolute Gasteiger partial charge is 0.490 e. The van der Waals surface area contributed by atoms with E-state index in [4.69, 9.17) is 0 Å². The molecule has 2 fully saturated rings. The average Bonchev–Trinajstić information content (AvgIpc) is 2.60. The van der Waals surface area contributed by atoms with Gasteiger partial charge in [0.2, 0.25) is 0 Å². The third-order valence-corrected chi connectivity index (χ3v) is 3.21. The fourth-order valence-corrected chi connectivity index (χ4v) is 2.53. The molecule has 15 heavy (non-hydrogen) atoms. The minimum absolute atomic E-state index is 0.131. The van der Waals surface area contributed by atoms with E-state index in [1.54, 1.807) is 6.92 Å². The summed E-state index contributed by atoms with van der Waals surface area (Å²) in [5.41, 5.74) is -0.991. The van der Waals surface area contributed by atoms with E-state index in [-0.39, 0.29) is 6.04 Å². The molecule has 2 bridgehead atoms. The number of carbonyl (C=O) groups is 1. The summed E-state index contributed by atoms with van der Waals surface area (Å²) < 4.78 is 40.6. The third kappa shape index (κ3) is 1.82. The molecule has 3 nitrogen and oxygen atoms in total. The van der Waals surface area contributed by atoms with Gasteiger partial charge in [-0.05, 0) is 32.2 Å². The van der Waals surface area contributed by atoms with E-state index >= 15 is 0 Å². The number of halogens is 3. The van der Waals surface area contributed by atoms with Crippen LogP contribution in [0.15, 0.2) is 0 Å². The SMILES string of the molecule is CC1(OC(=O)C(F)(F)F)CC2CNC1C2. The summed E-state index contributed by atoms with van der Waals surface area (Å²) in [6.45, 7) is 2.37. The number of carbonyl (C=O) groups excluding carboxylic acids is 1. The lowest BCUT2D eigenvalue weighted by molar-refractivity contribution is -0.214. The molecule has 0 amide bonds. The Morgan fingerprint density at radius 1 is 1.53 bits per heavy atom. The second kappa shape index (κ2) is 3.10. The molecule has 0 aromatic carbocycles. The maximum atomic E-state index is 12.0. The molecule has 3 unspecified atom stereocenters. The zero-order chi connectivity index (χ0) is 11.3. The van der Waals surface area contributed by atoms with E-state index in [2.05, 4.69) is 10.1 Å². The van der Waals surface area contributed by atoms with Gasteiger partial charge in [-0.15, -0.1) is 0 Å². The highest BCUT2D eigenvalue weighted by molar-refractivity contribution is 5.76. The highest BCUT2D eigenvalue weighted by Crippen LogP contribution is 2.42. The van der Waals surface area contributed by atoms with Gasteiger partial charge in [0.15, 0.2) is 0 Å². The number of esters is 1. The minimum Gasteiger partial charge on any atom is -0.451 e. The molecule has 0 aromatic heterocycles. The van der Waals surface area contributed by atoms with Crippen LogP contribution in [0.25, 0.3) is 0 Å². The van der Waals surface area contributed by atoms with Gasteiger partial charge in [-0.3, -0.25) is 0 Å². The zero-order valence-corrected chi connectivity index (χ0v) is 8.23. The molecule has 1 heterocycles. The van der Waals surface area contributed by atoms with Crippen molar-refractivity contribution in [3.8, 4) is 0 Å². The first kappa shape index (κ1) is 10.7. The molecule has 3 atom stereocenters. The predicted octanol–water partition coefficient (Wildman–Crippen LogP) is 1.23. The summed E-state index contributed by atoms with van der Waals surface area (Å²) >= 11 is 0. The average molecular weight is 223 g/mol. The summed E-state index contributed by atoms with van der Waals surface area (Å²) in [6, 6.07) is -0.131. The smallest absolute Gasteiger partial charge is 0.451 e. The van der Waals surface area contributed by atoms with Gasteiger partial charge < -0.3 is 10.1 Å². The molecule has 86 valence electrons. The molecule has 2 rings (SSSR count). The quantitative estimate of drug-likeness (QED) is 0.679. The van der Waals surface area contributed by atoms with Crippen LogP contribution in [0.1, 0.15) is 19.8 Å². The van der Waals surface area contributed by atoms with Crippen molar-refractivity contribution in [2.45, 2.75) is 37.6 Å². The molecule has 1 aliphatic heterocycles. The van der Waals surface area contributed by atoms with Crippen LogP contribution in [0.2, 0.25) is 0 Å². The van der Waals surface area contributed by atoms with Crippen molar-refractivity contribution in [1.29, 1.82) is 0 Å². The van der Waals surface area contributed by atoms with Crippen molar-refractivity contribution in [3.05, 3.63) is 0 Å². The van der Waals surface area contributed by atoms with Crippen molar-refractivity contribution < 1.29 is 22.7 Å². The Bertz CT molecular complexity index is 292. The zero-order valence-electron chi connectivity index (χ0n) is 8.23.